The maximum Gasteiger partial charge on any atom is 0.411 e. The van der Waals surface area contributed by atoms with E-state index in [1.54, 1.807) is 20.8 Å². The number of amides is 1. The maximum atomic E-state index is 10.9. The first-order chi connectivity index (χ1) is 5.45. The van der Waals surface area contributed by atoms with Gasteiger partial charge in [-0.15, -0.1) is 0 Å². The van der Waals surface area contributed by atoms with Crippen LogP contribution in [-0.4, -0.2) is 23.4 Å². The van der Waals surface area contributed by atoms with Gasteiger partial charge < -0.3 is 9.84 Å². The molecule has 0 radical (unpaired) electrons. The molecular formula is C8H15NO3. The second-order valence-corrected chi connectivity index (χ2v) is 3.23. The highest BCUT2D eigenvalue weighted by Crippen LogP contribution is 2.05. The number of aliphatic hydroxyl groups is 1. The van der Waals surface area contributed by atoms with Crippen LogP contribution in [0.2, 0.25) is 0 Å². The minimum atomic E-state index is -0.521. The fourth-order valence-corrected chi connectivity index (χ4v) is 0.487. The molecule has 0 heterocycles. The van der Waals surface area contributed by atoms with E-state index in [9.17, 15) is 4.79 Å². The van der Waals surface area contributed by atoms with Gasteiger partial charge in [0.1, 0.15) is 5.60 Å². The zero-order valence-corrected chi connectivity index (χ0v) is 7.63. The fourth-order valence-electron chi connectivity index (χ4n) is 0.487. The monoisotopic (exact) mass is 173 g/mol. The normalized spacial score (nSPS) is 11.7. The first kappa shape index (κ1) is 11.0. The Hall–Kier alpha value is -1.03. The Morgan fingerprint density at radius 3 is 2.58 bits per heavy atom. The molecule has 0 spiro atoms. The average molecular weight is 173 g/mol. The molecule has 0 saturated carbocycles. The quantitative estimate of drug-likeness (QED) is 0.655. The number of carbonyl (C=O) groups is 1. The molecule has 0 aromatic rings. The lowest BCUT2D eigenvalue weighted by atomic mass is 10.2. The van der Waals surface area contributed by atoms with Crippen LogP contribution < -0.4 is 5.32 Å². The molecule has 1 amide bonds. The zero-order chi connectivity index (χ0) is 9.61. The third kappa shape index (κ3) is 7.08. The zero-order valence-electron chi connectivity index (χ0n) is 7.63. The lowest BCUT2D eigenvalue weighted by Crippen LogP contribution is -2.29. The summed E-state index contributed by atoms with van der Waals surface area (Å²) in [5.41, 5.74) is -0.489. The SMILES string of the molecule is CC(C)(C)OC(=O)NC=CCO. The van der Waals surface area contributed by atoms with Gasteiger partial charge in [-0.3, -0.25) is 5.32 Å². The van der Waals surface area contributed by atoms with Crippen LogP contribution in [0.15, 0.2) is 12.3 Å². The van der Waals surface area contributed by atoms with Gasteiger partial charge in [0.25, 0.3) is 0 Å². The number of alkyl carbamates (subject to hydrolysis) is 1. The summed E-state index contributed by atoms with van der Waals surface area (Å²) in [6, 6.07) is 0. The molecule has 0 aromatic carbocycles. The Morgan fingerprint density at radius 1 is 1.58 bits per heavy atom. The van der Waals surface area contributed by atoms with Crippen LogP contribution >= 0.6 is 0 Å². The van der Waals surface area contributed by atoms with Crippen molar-refractivity contribution in [2.24, 2.45) is 0 Å². The van der Waals surface area contributed by atoms with Gasteiger partial charge in [0.15, 0.2) is 0 Å². The smallest absolute Gasteiger partial charge is 0.411 e. The molecule has 0 aromatic heterocycles. The highest BCUT2D eigenvalue weighted by atomic mass is 16.6. The molecule has 0 aliphatic rings. The predicted molar refractivity (Wildman–Crippen MR) is 45.6 cm³/mol. The van der Waals surface area contributed by atoms with Crippen LogP contribution in [0.5, 0.6) is 0 Å². The molecule has 4 heteroatoms. The molecule has 0 aliphatic carbocycles. The van der Waals surface area contributed by atoms with Crippen LogP contribution in [0.3, 0.4) is 0 Å². The number of nitrogens with one attached hydrogen (secondary N) is 1. The molecule has 0 aliphatic heterocycles. The number of ether oxygens (including phenoxy) is 1. The van der Waals surface area contributed by atoms with Crippen molar-refractivity contribution in [1.29, 1.82) is 0 Å². The Bertz CT molecular complexity index is 170. The molecule has 0 fully saturated rings. The first-order valence-corrected chi connectivity index (χ1v) is 3.71. The van der Waals surface area contributed by atoms with Crippen LogP contribution in [-0.2, 0) is 4.74 Å². The van der Waals surface area contributed by atoms with Crippen LogP contribution in [0.4, 0.5) is 4.79 Å². The maximum absolute atomic E-state index is 10.9. The van der Waals surface area contributed by atoms with Gasteiger partial charge in [-0.2, -0.15) is 0 Å². The van der Waals surface area contributed by atoms with Gasteiger partial charge in [0, 0.05) is 6.20 Å². The van der Waals surface area contributed by atoms with Gasteiger partial charge >= 0.3 is 6.09 Å². The van der Waals surface area contributed by atoms with Crippen molar-refractivity contribution in [2.75, 3.05) is 6.61 Å². The van der Waals surface area contributed by atoms with Crippen molar-refractivity contribution in [3.05, 3.63) is 12.3 Å². The first-order valence-electron chi connectivity index (χ1n) is 3.71. The van der Waals surface area contributed by atoms with Crippen molar-refractivity contribution in [1.82, 2.24) is 5.32 Å². The average Bonchev–Trinajstić information content (AvgIpc) is 1.84. The van der Waals surface area contributed by atoms with Crippen LogP contribution in [0.1, 0.15) is 20.8 Å². The highest BCUT2D eigenvalue weighted by Gasteiger charge is 2.14. The number of hydrogen-bond donors (Lipinski definition) is 2. The van der Waals surface area contributed by atoms with E-state index in [1.807, 2.05) is 0 Å². The second-order valence-electron chi connectivity index (χ2n) is 3.23. The molecule has 0 atom stereocenters. The Labute approximate surface area is 72.2 Å². The van der Waals surface area contributed by atoms with E-state index in [1.165, 1.54) is 12.3 Å². The molecule has 0 bridgehead atoms. The van der Waals surface area contributed by atoms with Gasteiger partial charge in [-0.25, -0.2) is 4.79 Å². The molecule has 0 rings (SSSR count). The Kier molecular flexibility index (Phi) is 4.36. The van der Waals surface area contributed by atoms with E-state index < -0.39 is 11.7 Å². The van der Waals surface area contributed by atoms with E-state index in [4.69, 9.17) is 9.84 Å². The summed E-state index contributed by atoms with van der Waals surface area (Å²) >= 11 is 0. The van der Waals surface area contributed by atoms with Crippen LogP contribution in [0, 0.1) is 0 Å². The minimum Gasteiger partial charge on any atom is -0.444 e. The molecule has 4 nitrogen and oxygen atoms in total. The Morgan fingerprint density at radius 2 is 2.17 bits per heavy atom. The molecule has 2 N–H and O–H groups in total. The van der Waals surface area contributed by atoms with E-state index in [-0.39, 0.29) is 6.61 Å². The van der Waals surface area contributed by atoms with Crippen molar-refractivity contribution in [3.63, 3.8) is 0 Å². The molecule has 0 saturated heterocycles. The lowest BCUT2D eigenvalue weighted by molar-refractivity contribution is 0.0552. The van der Waals surface area contributed by atoms with Crippen molar-refractivity contribution >= 4 is 6.09 Å². The standard InChI is InChI=1S/C8H15NO3/c1-8(2,3)12-7(11)9-5-4-6-10/h4-5,10H,6H2,1-3H3,(H,9,11). The second kappa shape index (κ2) is 4.77. The topological polar surface area (TPSA) is 58.6 Å². The summed E-state index contributed by atoms with van der Waals surface area (Å²) < 4.78 is 4.90. The Balaban J connectivity index is 3.68. The highest BCUT2D eigenvalue weighted by molar-refractivity contribution is 5.68. The van der Waals surface area contributed by atoms with Crippen molar-refractivity contribution in [3.8, 4) is 0 Å². The summed E-state index contributed by atoms with van der Waals surface area (Å²) in [6.07, 6.45) is 2.23. The lowest BCUT2D eigenvalue weighted by Gasteiger charge is -2.18. The fraction of sp³-hybridized carbons (Fsp3) is 0.625. The number of carbonyl (C=O) groups excluding carboxylic acids is 1. The van der Waals surface area contributed by atoms with Crippen molar-refractivity contribution < 1.29 is 14.6 Å². The van der Waals surface area contributed by atoms with E-state index in [0.717, 1.165) is 0 Å². The summed E-state index contributed by atoms with van der Waals surface area (Å²) in [5.74, 6) is 0. The van der Waals surface area contributed by atoms with E-state index >= 15 is 0 Å². The number of rotatable bonds is 2. The van der Waals surface area contributed by atoms with E-state index in [2.05, 4.69) is 5.32 Å². The van der Waals surface area contributed by atoms with Crippen molar-refractivity contribution in [2.45, 2.75) is 26.4 Å². The summed E-state index contributed by atoms with van der Waals surface area (Å²) in [4.78, 5) is 10.9. The number of hydrogen-bond acceptors (Lipinski definition) is 3. The summed E-state index contributed by atoms with van der Waals surface area (Å²) in [6.45, 7) is 5.24. The predicted octanol–water partition coefficient (Wildman–Crippen LogP) is 1.02. The number of aliphatic hydroxyl groups excluding tert-OH is 1. The van der Waals surface area contributed by atoms with Gasteiger partial charge in [-0.1, -0.05) is 0 Å². The molecule has 70 valence electrons. The summed E-state index contributed by atoms with van der Waals surface area (Å²) in [5, 5.41) is 10.7. The third-order valence-corrected chi connectivity index (χ3v) is 0.823. The molecule has 12 heavy (non-hydrogen) atoms. The van der Waals surface area contributed by atoms with Gasteiger partial charge in [-0.05, 0) is 26.8 Å². The van der Waals surface area contributed by atoms with E-state index in [0.29, 0.717) is 0 Å². The molecular weight excluding hydrogens is 158 g/mol. The molecule has 0 unspecified atom stereocenters. The largest absolute Gasteiger partial charge is 0.444 e. The summed E-state index contributed by atoms with van der Waals surface area (Å²) in [7, 11) is 0. The minimum absolute atomic E-state index is 0.101. The van der Waals surface area contributed by atoms with Gasteiger partial charge in [0.05, 0.1) is 6.61 Å². The van der Waals surface area contributed by atoms with Gasteiger partial charge in [0.2, 0.25) is 0 Å². The third-order valence-electron chi connectivity index (χ3n) is 0.823. The van der Waals surface area contributed by atoms with Crippen LogP contribution in [0.25, 0.3) is 0 Å².